The molecule has 0 radical (unpaired) electrons. The van der Waals surface area contributed by atoms with Gasteiger partial charge in [0.1, 0.15) is 0 Å². The van der Waals surface area contributed by atoms with Crippen LogP contribution in [0.25, 0.3) is 0 Å². The van der Waals surface area contributed by atoms with E-state index < -0.39 is 12.1 Å². The van der Waals surface area contributed by atoms with Gasteiger partial charge in [0.05, 0.1) is 6.61 Å². The number of hydrogen-bond donors (Lipinski definition) is 1. The first-order valence-corrected chi connectivity index (χ1v) is 3.66. The summed E-state index contributed by atoms with van der Waals surface area (Å²) >= 11 is 0. The summed E-state index contributed by atoms with van der Waals surface area (Å²) in [6.45, 7) is 3.00. The van der Waals surface area contributed by atoms with Crippen molar-refractivity contribution in [3.63, 3.8) is 0 Å². The number of hydrogen-bond acceptors (Lipinski definition) is 3. The van der Waals surface area contributed by atoms with Crippen LogP contribution in [0.5, 0.6) is 0 Å². The maximum atomic E-state index is 10.5. The molecule has 0 saturated carbocycles. The lowest BCUT2D eigenvalue weighted by molar-refractivity contribution is -0.157. The fraction of sp³-hybridized carbons (Fsp3) is 0.857. The van der Waals surface area contributed by atoms with Crippen molar-refractivity contribution in [3.8, 4) is 0 Å². The number of ether oxygens (including phenoxy) is 1. The summed E-state index contributed by atoms with van der Waals surface area (Å²) in [7, 11) is 1.91. The van der Waals surface area contributed by atoms with Crippen LogP contribution in [-0.2, 0) is 9.53 Å². The highest BCUT2D eigenvalue weighted by atomic mass is 16.5. The molecule has 1 saturated heterocycles. The third-order valence-electron chi connectivity index (χ3n) is 2.02. The Morgan fingerprint density at radius 1 is 1.73 bits per heavy atom. The molecule has 11 heavy (non-hydrogen) atoms. The fourth-order valence-electron chi connectivity index (χ4n) is 1.03. The molecule has 1 unspecified atom stereocenters. The highest BCUT2D eigenvalue weighted by Gasteiger charge is 2.27. The number of aliphatic carboxylic acids is 1. The van der Waals surface area contributed by atoms with Crippen molar-refractivity contribution in [1.29, 1.82) is 0 Å². The quantitative estimate of drug-likeness (QED) is 0.575. The molecule has 64 valence electrons. The van der Waals surface area contributed by atoms with Crippen LogP contribution >= 0.6 is 0 Å². The fourth-order valence-corrected chi connectivity index (χ4v) is 1.03. The molecule has 4 heteroatoms. The van der Waals surface area contributed by atoms with Gasteiger partial charge in [-0.05, 0) is 14.0 Å². The first-order valence-electron chi connectivity index (χ1n) is 3.66. The zero-order valence-electron chi connectivity index (χ0n) is 6.78. The van der Waals surface area contributed by atoms with E-state index in [4.69, 9.17) is 9.84 Å². The lowest BCUT2D eigenvalue weighted by Crippen LogP contribution is -2.48. The molecule has 1 aliphatic heterocycles. The van der Waals surface area contributed by atoms with Gasteiger partial charge in [-0.3, -0.25) is 4.90 Å². The number of morpholine rings is 1. The zero-order valence-corrected chi connectivity index (χ0v) is 6.78. The average molecular weight is 159 g/mol. The van der Waals surface area contributed by atoms with Crippen molar-refractivity contribution in [1.82, 2.24) is 4.90 Å². The minimum atomic E-state index is -0.872. The van der Waals surface area contributed by atoms with Crippen molar-refractivity contribution in [2.45, 2.75) is 19.1 Å². The molecule has 0 aromatic heterocycles. The minimum absolute atomic E-state index is 0.325. The molecule has 1 rings (SSSR count). The Bertz CT molecular complexity index is 160. The standard InChI is InChI=1S/C7H13NO3/c1-5-4-11-6(7(9)10)3-8(5)2/h5-6H,3-4H2,1-2H3,(H,9,10)/t5?,6-/m1/s1. The van der Waals surface area contributed by atoms with Crippen LogP contribution in [0, 0.1) is 0 Å². The lowest BCUT2D eigenvalue weighted by Gasteiger charge is -2.33. The van der Waals surface area contributed by atoms with E-state index in [-0.39, 0.29) is 0 Å². The highest BCUT2D eigenvalue weighted by Crippen LogP contribution is 2.08. The van der Waals surface area contributed by atoms with Gasteiger partial charge in [0.2, 0.25) is 0 Å². The zero-order chi connectivity index (χ0) is 8.43. The summed E-state index contributed by atoms with van der Waals surface area (Å²) in [5.41, 5.74) is 0. The summed E-state index contributed by atoms with van der Waals surface area (Å²) in [6.07, 6.45) is -0.642. The summed E-state index contributed by atoms with van der Waals surface area (Å²) in [6, 6.07) is 0.325. The second kappa shape index (κ2) is 3.19. The van der Waals surface area contributed by atoms with Crippen molar-refractivity contribution in [2.75, 3.05) is 20.2 Å². The first kappa shape index (κ1) is 8.49. The Morgan fingerprint density at radius 2 is 2.36 bits per heavy atom. The molecule has 4 nitrogen and oxygen atoms in total. The SMILES string of the molecule is CC1CO[C@@H](C(=O)O)CN1C. The maximum Gasteiger partial charge on any atom is 0.334 e. The van der Waals surface area contributed by atoms with E-state index in [1.807, 2.05) is 18.9 Å². The van der Waals surface area contributed by atoms with E-state index in [2.05, 4.69) is 0 Å². The Kier molecular flexibility index (Phi) is 2.46. The molecule has 1 fully saturated rings. The third-order valence-corrected chi connectivity index (χ3v) is 2.02. The Balaban J connectivity index is 2.46. The molecule has 1 heterocycles. The van der Waals surface area contributed by atoms with Crippen molar-refractivity contribution < 1.29 is 14.6 Å². The molecule has 1 aliphatic rings. The summed E-state index contributed by atoms with van der Waals surface area (Å²) < 4.78 is 5.08. The molecular formula is C7H13NO3. The van der Waals surface area contributed by atoms with Gasteiger partial charge < -0.3 is 9.84 Å². The Labute approximate surface area is 65.8 Å². The predicted octanol–water partition coefficient (Wildman–Crippen LogP) is -0.210. The number of carbonyl (C=O) groups is 1. The molecule has 0 aliphatic carbocycles. The summed E-state index contributed by atoms with van der Waals surface area (Å²) in [5.74, 6) is -0.872. The number of nitrogens with zero attached hydrogens (tertiary/aromatic N) is 1. The van der Waals surface area contributed by atoms with Gasteiger partial charge in [-0.15, -0.1) is 0 Å². The van der Waals surface area contributed by atoms with Crippen LogP contribution in [0.2, 0.25) is 0 Å². The normalized spacial score (nSPS) is 33.6. The molecule has 1 N–H and O–H groups in total. The van der Waals surface area contributed by atoms with Crippen molar-refractivity contribution >= 4 is 5.97 Å². The second-order valence-electron chi connectivity index (χ2n) is 2.95. The first-order chi connectivity index (χ1) is 5.11. The van der Waals surface area contributed by atoms with Crippen molar-refractivity contribution in [2.24, 2.45) is 0 Å². The van der Waals surface area contributed by atoms with E-state index >= 15 is 0 Å². The summed E-state index contributed by atoms with van der Waals surface area (Å²) in [5, 5.41) is 8.59. The van der Waals surface area contributed by atoms with E-state index in [0.29, 0.717) is 19.2 Å². The monoisotopic (exact) mass is 159 g/mol. The largest absolute Gasteiger partial charge is 0.479 e. The van der Waals surface area contributed by atoms with E-state index in [9.17, 15) is 4.79 Å². The molecule has 0 spiro atoms. The minimum Gasteiger partial charge on any atom is -0.479 e. The van der Waals surface area contributed by atoms with Crippen LogP contribution in [0.15, 0.2) is 0 Å². The van der Waals surface area contributed by atoms with Gasteiger partial charge >= 0.3 is 5.97 Å². The molecule has 0 bridgehead atoms. The van der Waals surface area contributed by atoms with Gasteiger partial charge in [0.15, 0.2) is 6.10 Å². The Hall–Kier alpha value is -0.610. The molecule has 0 aromatic carbocycles. The topological polar surface area (TPSA) is 49.8 Å². The van der Waals surface area contributed by atoms with Crippen LogP contribution in [0.1, 0.15) is 6.92 Å². The van der Waals surface area contributed by atoms with Crippen LogP contribution in [-0.4, -0.2) is 48.3 Å². The number of carboxylic acids is 1. The van der Waals surface area contributed by atoms with Gasteiger partial charge in [-0.2, -0.15) is 0 Å². The van der Waals surface area contributed by atoms with Crippen LogP contribution in [0.4, 0.5) is 0 Å². The van der Waals surface area contributed by atoms with Crippen LogP contribution < -0.4 is 0 Å². The second-order valence-corrected chi connectivity index (χ2v) is 2.95. The lowest BCUT2D eigenvalue weighted by atomic mass is 10.2. The maximum absolute atomic E-state index is 10.5. The molecule has 0 aromatic rings. The van der Waals surface area contributed by atoms with Crippen LogP contribution in [0.3, 0.4) is 0 Å². The van der Waals surface area contributed by atoms with E-state index in [1.165, 1.54) is 0 Å². The third kappa shape index (κ3) is 1.91. The average Bonchev–Trinajstić information content (AvgIpc) is 1.94. The van der Waals surface area contributed by atoms with Gasteiger partial charge in [-0.25, -0.2) is 4.79 Å². The van der Waals surface area contributed by atoms with Crippen molar-refractivity contribution in [3.05, 3.63) is 0 Å². The van der Waals surface area contributed by atoms with Gasteiger partial charge in [0, 0.05) is 12.6 Å². The summed E-state index contributed by atoms with van der Waals surface area (Å²) in [4.78, 5) is 12.4. The molecule has 2 atom stereocenters. The van der Waals surface area contributed by atoms with E-state index in [1.54, 1.807) is 0 Å². The van der Waals surface area contributed by atoms with Gasteiger partial charge in [0.25, 0.3) is 0 Å². The Morgan fingerprint density at radius 3 is 2.82 bits per heavy atom. The molecular weight excluding hydrogens is 146 g/mol. The van der Waals surface area contributed by atoms with E-state index in [0.717, 1.165) is 0 Å². The smallest absolute Gasteiger partial charge is 0.334 e. The predicted molar refractivity (Wildman–Crippen MR) is 39.5 cm³/mol. The molecule has 0 amide bonds. The number of rotatable bonds is 1. The number of likely N-dealkylation sites (N-methyl/N-ethyl adjacent to an activating group) is 1. The number of carboxylic acid groups (broad SMARTS) is 1. The highest BCUT2D eigenvalue weighted by molar-refractivity contribution is 5.72. The van der Waals surface area contributed by atoms with Gasteiger partial charge in [-0.1, -0.05) is 0 Å².